The zero-order chi connectivity index (χ0) is 15.9. The summed E-state index contributed by atoms with van der Waals surface area (Å²) >= 11 is 0. The first-order valence-electron chi connectivity index (χ1n) is 6.92. The first-order valence-corrected chi connectivity index (χ1v) is 8.41. The van der Waals surface area contributed by atoms with E-state index in [1.807, 2.05) is 13.8 Å². The first kappa shape index (κ1) is 18.0. The number of hydrogen-bond acceptors (Lipinski definition) is 4. The van der Waals surface area contributed by atoms with E-state index in [1.165, 1.54) is 12.1 Å². The van der Waals surface area contributed by atoms with Crippen LogP contribution in [0.25, 0.3) is 0 Å². The lowest BCUT2D eigenvalue weighted by Gasteiger charge is -2.09. The van der Waals surface area contributed by atoms with Gasteiger partial charge in [-0.05, 0) is 30.5 Å². The molecule has 0 aromatic heterocycles. The third kappa shape index (κ3) is 6.09. The van der Waals surface area contributed by atoms with Crippen molar-refractivity contribution in [2.45, 2.75) is 31.7 Å². The monoisotopic (exact) mass is 318 g/mol. The van der Waals surface area contributed by atoms with Crippen LogP contribution in [0.2, 0.25) is 0 Å². The molecule has 0 radical (unpaired) electrons. The molecule has 0 aliphatic heterocycles. The summed E-state index contributed by atoms with van der Waals surface area (Å²) < 4.78 is 45.2. The number of rotatable bonds is 9. The van der Waals surface area contributed by atoms with Crippen molar-refractivity contribution in [1.82, 2.24) is 4.72 Å². The number of ether oxygens (including phenoxy) is 1. The second-order valence-electron chi connectivity index (χ2n) is 5.18. The molecule has 1 aromatic carbocycles. The molecule has 0 unspecified atom stereocenters. The number of nitrogens with one attached hydrogen (secondary N) is 1. The van der Waals surface area contributed by atoms with E-state index in [4.69, 9.17) is 10.5 Å². The number of hydrogen-bond donors (Lipinski definition) is 2. The predicted octanol–water partition coefficient (Wildman–Crippen LogP) is 1.63. The normalized spacial score (nSPS) is 12.0. The van der Waals surface area contributed by atoms with E-state index in [9.17, 15) is 12.8 Å². The molecule has 0 aliphatic carbocycles. The molecular formula is C14H23FN2O3S. The number of halogens is 1. The highest BCUT2D eigenvalue weighted by Crippen LogP contribution is 2.14. The molecule has 0 spiro atoms. The van der Waals surface area contributed by atoms with Gasteiger partial charge < -0.3 is 10.5 Å². The zero-order valence-corrected chi connectivity index (χ0v) is 13.2. The lowest BCUT2D eigenvalue weighted by Crippen LogP contribution is -2.26. The van der Waals surface area contributed by atoms with Crippen molar-refractivity contribution in [2.75, 3.05) is 19.8 Å². The minimum absolute atomic E-state index is 0.0208. The van der Waals surface area contributed by atoms with Gasteiger partial charge in [-0.3, -0.25) is 0 Å². The summed E-state index contributed by atoms with van der Waals surface area (Å²) in [5, 5.41) is 0. The Morgan fingerprint density at radius 1 is 1.38 bits per heavy atom. The maximum absolute atomic E-state index is 13.3. The summed E-state index contributed by atoms with van der Waals surface area (Å²) in [6.07, 6.45) is 0.580. The van der Waals surface area contributed by atoms with Crippen LogP contribution in [0.5, 0.6) is 0 Å². The van der Waals surface area contributed by atoms with Gasteiger partial charge in [-0.25, -0.2) is 17.5 Å². The Kier molecular flexibility index (Phi) is 7.24. The van der Waals surface area contributed by atoms with Crippen LogP contribution in [0, 0.1) is 11.7 Å². The highest BCUT2D eigenvalue weighted by atomic mass is 32.2. The molecule has 0 saturated heterocycles. The maximum Gasteiger partial charge on any atom is 0.240 e. The summed E-state index contributed by atoms with van der Waals surface area (Å²) in [5.41, 5.74) is 5.55. The molecule has 0 heterocycles. The maximum atomic E-state index is 13.3. The highest BCUT2D eigenvalue weighted by molar-refractivity contribution is 7.89. The van der Waals surface area contributed by atoms with Gasteiger partial charge in [0.05, 0.1) is 4.90 Å². The fourth-order valence-corrected chi connectivity index (χ4v) is 2.78. The van der Waals surface area contributed by atoms with Gasteiger partial charge in [0, 0.05) is 31.9 Å². The van der Waals surface area contributed by atoms with Gasteiger partial charge in [0.1, 0.15) is 5.82 Å². The Balaban J connectivity index is 2.50. The SMILES string of the molecule is CC(C)COCCCNS(=O)(=O)c1ccc(F)c(CN)c1. The van der Waals surface area contributed by atoms with Gasteiger partial charge in [0.15, 0.2) is 0 Å². The quantitative estimate of drug-likeness (QED) is 0.678. The van der Waals surface area contributed by atoms with Crippen molar-refractivity contribution in [2.24, 2.45) is 11.7 Å². The van der Waals surface area contributed by atoms with E-state index in [0.717, 1.165) is 6.07 Å². The Morgan fingerprint density at radius 3 is 2.71 bits per heavy atom. The van der Waals surface area contributed by atoms with E-state index in [1.54, 1.807) is 0 Å². The third-order valence-corrected chi connectivity index (χ3v) is 4.21. The summed E-state index contributed by atoms with van der Waals surface area (Å²) in [5.74, 6) is -0.0471. The molecule has 0 saturated carbocycles. The van der Waals surface area contributed by atoms with E-state index in [-0.39, 0.29) is 23.5 Å². The van der Waals surface area contributed by atoms with Crippen molar-refractivity contribution >= 4 is 10.0 Å². The topological polar surface area (TPSA) is 81.4 Å². The van der Waals surface area contributed by atoms with Crippen LogP contribution in [-0.2, 0) is 21.3 Å². The van der Waals surface area contributed by atoms with Crippen LogP contribution in [-0.4, -0.2) is 28.2 Å². The lowest BCUT2D eigenvalue weighted by atomic mass is 10.2. The summed E-state index contributed by atoms with van der Waals surface area (Å²) in [6.45, 7) is 5.48. The van der Waals surface area contributed by atoms with Crippen molar-refractivity contribution in [3.8, 4) is 0 Å². The predicted molar refractivity (Wildman–Crippen MR) is 79.8 cm³/mol. The van der Waals surface area contributed by atoms with Crippen molar-refractivity contribution in [1.29, 1.82) is 0 Å². The number of sulfonamides is 1. The molecule has 0 bridgehead atoms. The van der Waals surface area contributed by atoms with Gasteiger partial charge in [-0.2, -0.15) is 0 Å². The molecule has 1 aromatic rings. The Bertz CT molecular complexity index is 547. The molecular weight excluding hydrogens is 295 g/mol. The summed E-state index contributed by atoms with van der Waals surface area (Å²) in [7, 11) is -3.64. The Labute approximate surface area is 125 Å². The summed E-state index contributed by atoms with van der Waals surface area (Å²) in [6, 6.07) is 3.60. The Hall–Kier alpha value is -1.02. The standard InChI is InChI=1S/C14H23FN2O3S/c1-11(2)10-20-7-3-6-17-21(18,19)13-4-5-14(15)12(8-13)9-16/h4-5,8,11,17H,3,6-7,9-10,16H2,1-2H3. The van der Waals surface area contributed by atoms with Crippen LogP contribution < -0.4 is 10.5 Å². The minimum Gasteiger partial charge on any atom is -0.381 e. The second-order valence-corrected chi connectivity index (χ2v) is 6.94. The second kappa shape index (κ2) is 8.43. The number of nitrogens with two attached hydrogens (primary N) is 1. The molecule has 21 heavy (non-hydrogen) atoms. The van der Waals surface area contributed by atoms with E-state index >= 15 is 0 Å². The first-order chi connectivity index (χ1) is 9.86. The van der Waals surface area contributed by atoms with Crippen molar-refractivity contribution in [3.63, 3.8) is 0 Å². The fraction of sp³-hybridized carbons (Fsp3) is 0.571. The van der Waals surface area contributed by atoms with Gasteiger partial charge >= 0.3 is 0 Å². The molecule has 5 nitrogen and oxygen atoms in total. The lowest BCUT2D eigenvalue weighted by molar-refractivity contribution is 0.108. The van der Waals surface area contributed by atoms with Crippen molar-refractivity contribution < 1.29 is 17.5 Å². The molecule has 0 fully saturated rings. The molecule has 7 heteroatoms. The Morgan fingerprint density at radius 2 is 2.10 bits per heavy atom. The molecule has 3 N–H and O–H groups in total. The molecule has 0 atom stereocenters. The minimum atomic E-state index is -3.64. The average molecular weight is 318 g/mol. The molecule has 120 valence electrons. The van der Waals surface area contributed by atoms with Gasteiger partial charge in [0.25, 0.3) is 0 Å². The van der Waals surface area contributed by atoms with Crippen LogP contribution >= 0.6 is 0 Å². The van der Waals surface area contributed by atoms with Crippen LogP contribution in [0.4, 0.5) is 4.39 Å². The molecule has 1 rings (SSSR count). The van der Waals surface area contributed by atoms with Crippen LogP contribution in [0.3, 0.4) is 0 Å². The summed E-state index contributed by atoms with van der Waals surface area (Å²) in [4.78, 5) is 0.0208. The van der Waals surface area contributed by atoms with E-state index in [2.05, 4.69) is 4.72 Å². The third-order valence-electron chi connectivity index (χ3n) is 2.76. The zero-order valence-electron chi connectivity index (χ0n) is 12.4. The van der Waals surface area contributed by atoms with Gasteiger partial charge in [0.2, 0.25) is 10.0 Å². The highest BCUT2D eigenvalue weighted by Gasteiger charge is 2.15. The van der Waals surface area contributed by atoms with Gasteiger partial charge in [-0.15, -0.1) is 0 Å². The van der Waals surface area contributed by atoms with E-state index in [0.29, 0.717) is 25.6 Å². The van der Waals surface area contributed by atoms with Gasteiger partial charge in [-0.1, -0.05) is 13.8 Å². The average Bonchev–Trinajstić information content (AvgIpc) is 2.42. The van der Waals surface area contributed by atoms with Crippen LogP contribution in [0.1, 0.15) is 25.8 Å². The smallest absolute Gasteiger partial charge is 0.240 e. The van der Waals surface area contributed by atoms with Crippen molar-refractivity contribution in [3.05, 3.63) is 29.6 Å². The fourth-order valence-electron chi connectivity index (χ4n) is 1.66. The molecule has 0 amide bonds. The van der Waals surface area contributed by atoms with E-state index < -0.39 is 15.8 Å². The number of benzene rings is 1. The molecule has 0 aliphatic rings. The largest absolute Gasteiger partial charge is 0.381 e. The van der Waals surface area contributed by atoms with Crippen LogP contribution in [0.15, 0.2) is 23.1 Å².